The summed E-state index contributed by atoms with van der Waals surface area (Å²) in [6.45, 7) is 14.1. The zero-order valence-corrected chi connectivity index (χ0v) is 16.2. The van der Waals surface area contributed by atoms with Crippen molar-refractivity contribution in [3.63, 3.8) is 0 Å². The van der Waals surface area contributed by atoms with Gasteiger partial charge in [0.05, 0.1) is 5.56 Å². The van der Waals surface area contributed by atoms with Gasteiger partial charge in [0.15, 0.2) is 5.78 Å². The summed E-state index contributed by atoms with van der Waals surface area (Å²) < 4.78 is 5.82. The Balaban J connectivity index is 2.38. The molecule has 2 heteroatoms. The van der Waals surface area contributed by atoms with E-state index in [1.807, 2.05) is 13.8 Å². The van der Waals surface area contributed by atoms with Gasteiger partial charge in [0, 0.05) is 5.56 Å². The number of furan rings is 1. The smallest absolute Gasteiger partial charge is 0.163 e. The van der Waals surface area contributed by atoms with Crippen molar-refractivity contribution in [2.45, 2.75) is 54.4 Å². The number of rotatable bonds is 3. The van der Waals surface area contributed by atoms with Crippen molar-refractivity contribution in [1.82, 2.24) is 0 Å². The fourth-order valence-corrected chi connectivity index (χ4v) is 3.83. The summed E-state index contributed by atoms with van der Waals surface area (Å²) in [6, 6.07) is 8.89. The molecule has 130 valence electrons. The molecule has 0 spiro atoms. The van der Waals surface area contributed by atoms with Gasteiger partial charge in [-0.3, -0.25) is 4.79 Å². The van der Waals surface area contributed by atoms with E-state index in [2.05, 4.69) is 52.0 Å². The van der Waals surface area contributed by atoms with Gasteiger partial charge in [-0.1, -0.05) is 38.1 Å². The van der Waals surface area contributed by atoms with Crippen LogP contribution in [-0.2, 0) is 0 Å². The van der Waals surface area contributed by atoms with Crippen molar-refractivity contribution in [2.75, 3.05) is 0 Å². The standard InChI is InChI=1S/C23H26O2/c1-12(2)18-9-8-13(3)21-19(11-18)14(4)10-20(21)23-17(7)25-16(6)22(23)15(5)24/h8-12H,1-7H3. The Kier molecular flexibility index (Phi) is 4.32. The van der Waals surface area contributed by atoms with Crippen LogP contribution in [0.3, 0.4) is 0 Å². The van der Waals surface area contributed by atoms with Crippen molar-refractivity contribution < 1.29 is 9.21 Å². The summed E-state index contributed by atoms with van der Waals surface area (Å²) in [7, 11) is 0. The highest BCUT2D eigenvalue weighted by molar-refractivity contribution is 6.05. The first-order valence-corrected chi connectivity index (χ1v) is 8.87. The van der Waals surface area contributed by atoms with E-state index < -0.39 is 0 Å². The fraction of sp³-hybridized carbons (Fsp3) is 0.348. The van der Waals surface area contributed by atoms with Crippen LogP contribution in [0, 0.1) is 27.7 Å². The number of hydrogen-bond donors (Lipinski definition) is 0. The second-order valence-corrected chi connectivity index (χ2v) is 7.37. The lowest BCUT2D eigenvalue weighted by Crippen LogP contribution is -1.96. The molecular formula is C23H26O2. The van der Waals surface area contributed by atoms with E-state index in [-0.39, 0.29) is 5.78 Å². The molecule has 2 aliphatic rings. The van der Waals surface area contributed by atoms with Crippen LogP contribution in [0.25, 0.3) is 22.3 Å². The van der Waals surface area contributed by atoms with Crippen molar-refractivity contribution in [1.29, 1.82) is 0 Å². The van der Waals surface area contributed by atoms with Gasteiger partial charge >= 0.3 is 0 Å². The molecule has 0 amide bonds. The third kappa shape index (κ3) is 2.80. The Labute approximate surface area is 150 Å². The van der Waals surface area contributed by atoms with Crippen molar-refractivity contribution >= 4 is 5.78 Å². The van der Waals surface area contributed by atoms with Gasteiger partial charge in [0.2, 0.25) is 0 Å². The predicted molar refractivity (Wildman–Crippen MR) is 104 cm³/mol. The summed E-state index contributed by atoms with van der Waals surface area (Å²) in [5.41, 5.74) is 9.02. The highest BCUT2D eigenvalue weighted by atomic mass is 16.3. The molecule has 2 aliphatic carbocycles. The zero-order valence-electron chi connectivity index (χ0n) is 16.2. The molecule has 0 saturated carbocycles. The normalized spacial score (nSPS) is 11.5. The number of Topliss-reactive ketones (excluding diaryl/α,β-unsaturated/α-hetero) is 1. The summed E-state index contributed by atoms with van der Waals surface area (Å²) in [4.78, 5) is 12.2. The molecule has 1 aromatic rings. The summed E-state index contributed by atoms with van der Waals surface area (Å²) >= 11 is 0. The van der Waals surface area contributed by atoms with Gasteiger partial charge in [-0.2, -0.15) is 0 Å². The molecule has 0 saturated heterocycles. The van der Waals surface area contributed by atoms with Gasteiger partial charge < -0.3 is 4.42 Å². The van der Waals surface area contributed by atoms with Crippen LogP contribution >= 0.6 is 0 Å². The maximum Gasteiger partial charge on any atom is 0.163 e. The van der Waals surface area contributed by atoms with Gasteiger partial charge in [-0.05, 0) is 73.9 Å². The molecule has 0 atom stereocenters. The van der Waals surface area contributed by atoms with E-state index >= 15 is 0 Å². The minimum absolute atomic E-state index is 0.0529. The van der Waals surface area contributed by atoms with E-state index in [9.17, 15) is 4.79 Å². The number of hydrogen-bond acceptors (Lipinski definition) is 2. The van der Waals surface area contributed by atoms with Gasteiger partial charge in [0.25, 0.3) is 0 Å². The van der Waals surface area contributed by atoms with E-state index in [0.29, 0.717) is 17.2 Å². The molecule has 0 aliphatic heterocycles. The number of ketones is 1. The average molecular weight is 334 g/mol. The molecular weight excluding hydrogens is 308 g/mol. The SMILES string of the molecule is CC(=O)c1c(C)oc(C)c1-c1cc(C)c2cc(C(C)C)ccc(C)c1-2. The third-order valence-corrected chi connectivity index (χ3v) is 5.10. The number of aryl methyl sites for hydroxylation is 4. The second-order valence-electron chi connectivity index (χ2n) is 7.37. The summed E-state index contributed by atoms with van der Waals surface area (Å²) in [5, 5.41) is 0. The molecule has 0 fully saturated rings. The highest BCUT2D eigenvalue weighted by Crippen LogP contribution is 2.44. The minimum Gasteiger partial charge on any atom is -0.465 e. The molecule has 1 aromatic heterocycles. The number of carbonyl (C=O) groups excluding carboxylic acids is 1. The first kappa shape index (κ1) is 17.5. The van der Waals surface area contributed by atoms with E-state index in [4.69, 9.17) is 4.42 Å². The van der Waals surface area contributed by atoms with Crippen LogP contribution in [0.2, 0.25) is 0 Å². The number of fused-ring (bicyclic) bond motifs is 1. The molecule has 3 rings (SSSR count). The van der Waals surface area contributed by atoms with Crippen LogP contribution in [-0.4, -0.2) is 5.78 Å². The Morgan fingerprint density at radius 1 is 0.880 bits per heavy atom. The van der Waals surface area contributed by atoms with Gasteiger partial charge in [-0.25, -0.2) is 0 Å². The lowest BCUT2D eigenvalue weighted by Gasteiger charge is -2.07. The van der Waals surface area contributed by atoms with E-state index in [1.165, 1.54) is 27.8 Å². The summed E-state index contributed by atoms with van der Waals surface area (Å²) in [5.74, 6) is 2.04. The van der Waals surface area contributed by atoms with Crippen molar-refractivity contribution in [3.05, 3.63) is 58.0 Å². The van der Waals surface area contributed by atoms with Crippen LogP contribution < -0.4 is 0 Å². The second kappa shape index (κ2) is 6.18. The molecule has 0 radical (unpaired) electrons. The Morgan fingerprint density at radius 2 is 1.56 bits per heavy atom. The maximum atomic E-state index is 12.2. The predicted octanol–water partition coefficient (Wildman–Crippen LogP) is 6.61. The highest BCUT2D eigenvalue weighted by Gasteiger charge is 2.25. The molecule has 0 aromatic carbocycles. The van der Waals surface area contributed by atoms with Crippen LogP contribution in [0.15, 0.2) is 28.7 Å². The third-order valence-electron chi connectivity index (χ3n) is 5.10. The topological polar surface area (TPSA) is 30.2 Å². The maximum absolute atomic E-state index is 12.2. The Morgan fingerprint density at radius 3 is 2.16 bits per heavy atom. The summed E-state index contributed by atoms with van der Waals surface area (Å²) in [6.07, 6.45) is 0. The monoisotopic (exact) mass is 334 g/mol. The Bertz CT molecular complexity index is 941. The van der Waals surface area contributed by atoms with E-state index in [1.54, 1.807) is 6.92 Å². The lowest BCUT2D eigenvalue weighted by atomic mass is 9.94. The van der Waals surface area contributed by atoms with Gasteiger partial charge in [-0.15, -0.1) is 0 Å². The van der Waals surface area contributed by atoms with E-state index in [0.717, 1.165) is 16.9 Å². The Hall–Kier alpha value is -2.35. The molecule has 1 heterocycles. The first-order valence-electron chi connectivity index (χ1n) is 8.87. The molecule has 0 bridgehead atoms. The molecule has 0 unspecified atom stereocenters. The first-order chi connectivity index (χ1) is 11.7. The van der Waals surface area contributed by atoms with Crippen LogP contribution in [0.5, 0.6) is 0 Å². The largest absolute Gasteiger partial charge is 0.465 e. The number of carbonyl (C=O) groups is 1. The van der Waals surface area contributed by atoms with Gasteiger partial charge in [0.1, 0.15) is 11.5 Å². The lowest BCUT2D eigenvalue weighted by molar-refractivity contribution is 0.101. The van der Waals surface area contributed by atoms with Crippen LogP contribution in [0.4, 0.5) is 0 Å². The average Bonchev–Trinajstić information content (AvgIpc) is 2.91. The quantitative estimate of drug-likeness (QED) is 0.504. The van der Waals surface area contributed by atoms with Crippen molar-refractivity contribution in [2.24, 2.45) is 0 Å². The van der Waals surface area contributed by atoms with Crippen LogP contribution in [0.1, 0.15) is 65.3 Å². The molecule has 0 N–H and O–H groups in total. The van der Waals surface area contributed by atoms with Crippen molar-refractivity contribution in [3.8, 4) is 22.3 Å². The fourth-order valence-electron chi connectivity index (χ4n) is 3.83. The molecule has 25 heavy (non-hydrogen) atoms. The molecule has 2 nitrogen and oxygen atoms in total. The zero-order chi connectivity index (χ0) is 18.5. The minimum atomic E-state index is 0.0529.